The maximum atomic E-state index is 12.6. The van der Waals surface area contributed by atoms with E-state index in [9.17, 15) is 14.4 Å². The van der Waals surface area contributed by atoms with Gasteiger partial charge in [0.25, 0.3) is 5.56 Å². The minimum Gasteiger partial charge on any atom is -0.497 e. The van der Waals surface area contributed by atoms with Gasteiger partial charge in [-0.25, -0.2) is 9.78 Å². The largest absolute Gasteiger partial charge is 0.497 e. The molecular weight excluding hydrogens is 396 g/mol. The van der Waals surface area contributed by atoms with Crippen molar-refractivity contribution in [3.63, 3.8) is 0 Å². The molecule has 10 nitrogen and oxygen atoms in total. The lowest BCUT2D eigenvalue weighted by molar-refractivity contribution is 0.102. The molecule has 0 bridgehead atoms. The maximum absolute atomic E-state index is 12.6. The number of carbonyl (C=O) groups excluding carboxylic acids is 1. The van der Waals surface area contributed by atoms with Crippen LogP contribution in [0, 0.1) is 0 Å². The van der Waals surface area contributed by atoms with Gasteiger partial charge in [0.15, 0.2) is 11.6 Å². The number of rotatable bonds is 7. The number of ether oxygens (including phenoxy) is 1. The zero-order valence-corrected chi connectivity index (χ0v) is 16.3. The smallest absolute Gasteiger partial charge is 0.330 e. The van der Waals surface area contributed by atoms with Crippen LogP contribution < -0.4 is 21.7 Å². The van der Waals surface area contributed by atoms with Crippen molar-refractivity contribution in [3.05, 3.63) is 50.7 Å². The van der Waals surface area contributed by atoms with E-state index in [1.807, 2.05) is 12.1 Å². The van der Waals surface area contributed by atoms with Gasteiger partial charge in [-0.3, -0.25) is 24.2 Å². The molecular formula is C18H18N6O4S. The van der Waals surface area contributed by atoms with Gasteiger partial charge in [-0.1, -0.05) is 11.8 Å². The van der Waals surface area contributed by atoms with Crippen LogP contribution in [0.2, 0.25) is 0 Å². The molecule has 0 radical (unpaired) electrons. The molecule has 0 spiro atoms. The average Bonchev–Trinajstić information content (AvgIpc) is 3.42. The standard InChI is InChI=1S/C18H18N6O4S/c1-28-11-6-2-9(3-7-11)15-20-17(23-22-15)29-8-12(25)13-14(19)24(10-4-5-10)18(27)21-16(13)26/h2-3,6-7,10H,4-5,8,19H2,1H3,(H,20,22,23)(H,21,26,27). The fourth-order valence-electron chi connectivity index (χ4n) is 2.92. The molecule has 1 saturated carbocycles. The number of anilines is 1. The number of ketones is 1. The molecule has 2 aromatic heterocycles. The van der Waals surface area contributed by atoms with E-state index in [0.29, 0.717) is 11.0 Å². The number of hydrogen-bond acceptors (Lipinski definition) is 8. The van der Waals surface area contributed by atoms with Crippen molar-refractivity contribution in [3.8, 4) is 17.1 Å². The highest BCUT2D eigenvalue weighted by Crippen LogP contribution is 2.35. The number of methoxy groups -OCH3 is 1. The monoisotopic (exact) mass is 414 g/mol. The third-order valence-corrected chi connectivity index (χ3v) is 5.38. The van der Waals surface area contributed by atoms with Crippen LogP contribution in [0.15, 0.2) is 39.0 Å². The van der Waals surface area contributed by atoms with Crippen molar-refractivity contribution >= 4 is 23.4 Å². The number of H-pyrrole nitrogens is 2. The zero-order valence-electron chi connectivity index (χ0n) is 15.5. The predicted molar refractivity (Wildman–Crippen MR) is 107 cm³/mol. The Bertz CT molecular complexity index is 1180. The van der Waals surface area contributed by atoms with E-state index in [4.69, 9.17) is 10.5 Å². The van der Waals surface area contributed by atoms with Crippen LogP contribution >= 0.6 is 11.8 Å². The third kappa shape index (κ3) is 3.81. The number of nitrogen functional groups attached to an aromatic ring is 1. The molecule has 4 N–H and O–H groups in total. The summed E-state index contributed by atoms with van der Waals surface area (Å²) in [4.78, 5) is 43.2. The number of aromatic nitrogens is 5. The lowest BCUT2D eigenvalue weighted by Gasteiger charge is -2.10. The highest BCUT2D eigenvalue weighted by molar-refractivity contribution is 7.99. The van der Waals surface area contributed by atoms with E-state index in [1.165, 1.54) is 4.57 Å². The van der Waals surface area contributed by atoms with Crippen LogP contribution in [0.25, 0.3) is 11.4 Å². The van der Waals surface area contributed by atoms with Gasteiger partial charge < -0.3 is 10.5 Å². The molecule has 1 fully saturated rings. The summed E-state index contributed by atoms with van der Waals surface area (Å²) in [5.41, 5.74) is 5.22. The lowest BCUT2D eigenvalue weighted by Crippen LogP contribution is -2.36. The number of hydrogen-bond donors (Lipinski definition) is 3. The van der Waals surface area contributed by atoms with Crippen LogP contribution in [0.1, 0.15) is 29.2 Å². The molecule has 0 saturated heterocycles. The molecule has 11 heteroatoms. The second kappa shape index (κ2) is 7.59. The lowest BCUT2D eigenvalue weighted by atomic mass is 10.2. The van der Waals surface area contributed by atoms with Crippen molar-refractivity contribution in [2.45, 2.75) is 24.0 Å². The summed E-state index contributed by atoms with van der Waals surface area (Å²) in [5.74, 6) is 0.613. The van der Waals surface area contributed by atoms with Gasteiger partial charge in [0.05, 0.1) is 12.9 Å². The second-order valence-electron chi connectivity index (χ2n) is 6.53. The maximum Gasteiger partial charge on any atom is 0.330 e. The summed E-state index contributed by atoms with van der Waals surface area (Å²) in [6.45, 7) is 0. The number of nitrogens with two attached hydrogens (primary N) is 1. The number of benzene rings is 1. The first-order valence-corrected chi connectivity index (χ1v) is 9.83. The van der Waals surface area contributed by atoms with Crippen molar-refractivity contribution < 1.29 is 9.53 Å². The molecule has 0 amide bonds. The number of carbonyl (C=O) groups is 1. The van der Waals surface area contributed by atoms with Crippen LogP contribution in [0.3, 0.4) is 0 Å². The number of Topliss-reactive ketones (excluding diaryl/α,β-unsaturated/α-hetero) is 1. The van der Waals surface area contributed by atoms with Gasteiger partial charge in [-0.2, -0.15) is 0 Å². The van der Waals surface area contributed by atoms with Gasteiger partial charge >= 0.3 is 5.69 Å². The number of aromatic amines is 2. The summed E-state index contributed by atoms with van der Waals surface area (Å²) >= 11 is 1.07. The Morgan fingerprint density at radius 2 is 2.03 bits per heavy atom. The molecule has 0 unspecified atom stereocenters. The number of thioether (sulfide) groups is 1. The van der Waals surface area contributed by atoms with Gasteiger partial charge in [-0.05, 0) is 37.1 Å². The molecule has 1 aromatic carbocycles. The second-order valence-corrected chi connectivity index (χ2v) is 7.47. The van der Waals surface area contributed by atoms with Gasteiger partial charge in [-0.15, -0.1) is 5.10 Å². The van der Waals surface area contributed by atoms with Crippen molar-refractivity contribution in [1.82, 2.24) is 24.7 Å². The highest BCUT2D eigenvalue weighted by atomic mass is 32.2. The van der Waals surface area contributed by atoms with E-state index in [1.54, 1.807) is 19.2 Å². The Morgan fingerprint density at radius 1 is 1.31 bits per heavy atom. The van der Waals surface area contributed by atoms with E-state index < -0.39 is 17.0 Å². The number of nitrogens with one attached hydrogen (secondary N) is 2. The van der Waals surface area contributed by atoms with Crippen LogP contribution in [0.4, 0.5) is 5.82 Å². The normalized spacial score (nSPS) is 13.4. The van der Waals surface area contributed by atoms with E-state index >= 15 is 0 Å². The van der Waals surface area contributed by atoms with Gasteiger partial charge in [0.2, 0.25) is 5.16 Å². The van der Waals surface area contributed by atoms with Gasteiger partial charge in [0.1, 0.15) is 17.1 Å². The van der Waals surface area contributed by atoms with Crippen molar-refractivity contribution in [1.29, 1.82) is 0 Å². The Morgan fingerprint density at radius 3 is 2.69 bits per heavy atom. The summed E-state index contributed by atoms with van der Waals surface area (Å²) < 4.78 is 6.41. The molecule has 2 heterocycles. The Kier molecular flexibility index (Phi) is 4.97. The molecule has 0 atom stereocenters. The highest BCUT2D eigenvalue weighted by Gasteiger charge is 2.30. The summed E-state index contributed by atoms with van der Waals surface area (Å²) in [5, 5.41) is 7.26. The average molecular weight is 414 g/mol. The summed E-state index contributed by atoms with van der Waals surface area (Å²) in [6, 6.07) is 7.22. The van der Waals surface area contributed by atoms with E-state index in [0.717, 1.165) is 35.9 Å². The zero-order chi connectivity index (χ0) is 20.5. The third-order valence-electron chi connectivity index (χ3n) is 4.53. The number of nitrogens with zero attached hydrogens (tertiary/aromatic N) is 3. The molecule has 150 valence electrons. The van der Waals surface area contributed by atoms with Crippen molar-refractivity contribution in [2.24, 2.45) is 0 Å². The first kappa shape index (κ1) is 19.0. The molecule has 0 aliphatic heterocycles. The van der Waals surface area contributed by atoms with Crippen molar-refractivity contribution in [2.75, 3.05) is 18.6 Å². The van der Waals surface area contributed by atoms with E-state index in [-0.39, 0.29) is 23.2 Å². The van der Waals surface area contributed by atoms with Crippen LogP contribution in [0.5, 0.6) is 5.75 Å². The first-order valence-electron chi connectivity index (χ1n) is 8.85. The fourth-order valence-corrected chi connectivity index (χ4v) is 3.59. The SMILES string of the molecule is COc1ccc(-c2nc(SCC(=O)c3c(N)n(C4CC4)c(=O)[nH]c3=O)n[nH]2)cc1. The summed E-state index contributed by atoms with van der Waals surface area (Å²) in [6.07, 6.45) is 1.59. The van der Waals surface area contributed by atoms with Crippen LogP contribution in [-0.2, 0) is 0 Å². The Balaban J connectivity index is 1.49. The minimum atomic E-state index is -0.774. The minimum absolute atomic E-state index is 0.0568. The Labute approximate surface area is 168 Å². The molecule has 3 aromatic rings. The predicted octanol–water partition coefficient (Wildman–Crippen LogP) is 1.22. The van der Waals surface area contributed by atoms with Crippen LogP contribution in [-0.4, -0.2) is 43.4 Å². The van der Waals surface area contributed by atoms with E-state index in [2.05, 4.69) is 20.2 Å². The van der Waals surface area contributed by atoms with Gasteiger partial charge in [0, 0.05) is 11.6 Å². The first-order chi connectivity index (χ1) is 14.0. The molecule has 29 heavy (non-hydrogen) atoms. The quantitative estimate of drug-likeness (QED) is 0.386. The fraction of sp³-hybridized carbons (Fsp3) is 0.278. The molecule has 1 aliphatic carbocycles. The summed E-state index contributed by atoms with van der Waals surface area (Å²) in [7, 11) is 1.59. The molecule has 4 rings (SSSR count). The topological polar surface area (TPSA) is 149 Å². The molecule has 1 aliphatic rings. The Hall–Kier alpha value is -3.34.